The number of nitrogens with zero attached hydrogens (tertiary/aromatic N) is 3. The molecule has 7 heteroatoms. The maximum Gasteiger partial charge on any atom is 0.269 e. The van der Waals surface area contributed by atoms with E-state index < -0.39 is 10.9 Å². The number of aliphatic imine (C=N–C) groups is 1. The van der Waals surface area contributed by atoms with Gasteiger partial charge in [0.25, 0.3) is 5.69 Å². The maximum atomic E-state index is 11.0. The summed E-state index contributed by atoms with van der Waals surface area (Å²) < 4.78 is 2.03. The number of aromatic carboxylic acids is 1. The molecule has 28 heavy (non-hydrogen) atoms. The summed E-state index contributed by atoms with van der Waals surface area (Å²) in [6.07, 6.45) is 1.71. The number of nitro groups is 1. The van der Waals surface area contributed by atoms with E-state index in [1.165, 1.54) is 18.2 Å². The summed E-state index contributed by atoms with van der Waals surface area (Å²) in [5.41, 5.74) is 5.32. The number of non-ortho nitro benzene ring substituents is 1. The van der Waals surface area contributed by atoms with E-state index in [0.29, 0.717) is 5.69 Å². The van der Waals surface area contributed by atoms with E-state index in [2.05, 4.69) is 4.99 Å². The molecule has 0 unspecified atom stereocenters. The monoisotopic (exact) mass is 376 g/mol. The lowest BCUT2D eigenvalue weighted by Gasteiger charge is -2.14. The lowest BCUT2D eigenvalue weighted by molar-refractivity contribution is -0.384. The average molecular weight is 376 g/mol. The summed E-state index contributed by atoms with van der Waals surface area (Å²) in [6, 6.07) is 12.9. The number of aryl methyl sites for hydroxylation is 2. The van der Waals surface area contributed by atoms with Crippen LogP contribution in [-0.4, -0.2) is 21.7 Å². The van der Waals surface area contributed by atoms with Crippen molar-refractivity contribution < 1.29 is 14.8 Å². The molecule has 2 aromatic carbocycles. The molecule has 1 heterocycles. The first-order chi connectivity index (χ1) is 13.3. The molecule has 142 valence electrons. The fourth-order valence-corrected chi connectivity index (χ4v) is 3.13. The van der Waals surface area contributed by atoms with Crippen molar-refractivity contribution in [3.05, 3.63) is 86.7 Å². The van der Waals surface area contributed by atoms with E-state index in [-0.39, 0.29) is 11.3 Å². The molecule has 0 saturated carbocycles. The molecule has 0 aliphatic carbocycles. The van der Waals surface area contributed by atoms with E-state index in [0.717, 1.165) is 28.2 Å². The van der Waals surface area contributed by atoms with Crippen molar-refractivity contribution in [2.75, 3.05) is 0 Å². The van der Waals surface area contributed by atoms with E-state index in [1.54, 1.807) is 30.5 Å². The number of nitro benzene ring substituents is 1. The van der Waals surface area contributed by atoms with Crippen LogP contribution in [0.4, 0.5) is 11.4 Å². The molecule has 0 amide bonds. The van der Waals surface area contributed by atoms with Crippen LogP contribution in [0.2, 0.25) is 0 Å². The number of rotatable bonds is 5. The molecule has 0 fully saturated rings. The molecule has 7 nitrogen and oxygen atoms in total. The van der Waals surface area contributed by atoms with Crippen LogP contribution in [0.25, 0.3) is 5.69 Å². The van der Waals surface area contributed by atoms with Gasteiger partial charge >= 0.3 is 0 Å². The zero-order chi connectivity index (χ0) is 20.4. The van der Waals surface area contributed by atoms with Gasteiger partial charge in [0.2, 0.25) is 0 Å². The Bertz CT molecular complexity index is 1100. The second kappa shape index (κ2) is 7.48. The van der Waals surface area contributed by atoms with Gasteiger partial charge in [0.15, 0.2) is 0 Å². The number of carboxylic acids is 1. The van der Waals surface area contributed by atoms with E-state index in [4.69, 9.17) is 0 Å². The summed E-state index contributed by atoms with van der Waals surface area (Å²) in [7, 11) is 0. The SMILES string of the molecule is Cc1cc(C(=O)[O-])ccc1-n1c(C)cc(C=Nc2ccc([N+](=O)[O-])cc2)c1C. The van der Waals surface area contributed by atoms with Crippen molar-refractivity contribution in [2.24, 2.45) is 4.99 Å². The maximum absolute atomic E-state index is 11.0. The summed E-state index contributed by atoms with van der Waals surface area (Å²) in [5, 5.41) is 21.8. The van der Waals surface area contributed by atoms with Crippen LogP contribution < -0.4 is 5.11 Å². The minimum atomic E-state index is -1.20. The zero-order valence-electron chi connectivity index (χ0n) is 15.7. The topological polar surface area (TPSA) is 101 Å². The van der Waals surface area contributed by atoms with Gasteiger partial charge in [-0.05, 0) is 62.2 Å². The van der Waals surface area contributed by atoms with Crippen molar-refractivity contribution in [3.8, 4) is 5.69 Å². The van der Waals surface area contributed by atoms with Crippen LogP contribution in [0.1, 0.15) is 32.9 Å². The van der Waals surface area contributed by atoms with Gasteiger partial charge in [0, 0.05) is 41.0 Å². The van der Waals surface area contributed by atoms with Crippen LogP contribution >= 0.6 is 0 Å². The highest BCUT2D eigenvalue weighted by atomic mass is 16.6. The zero-order valence-corrected chi connectivity index (χ0v) is 15.7. The molecule has 0 atom stereocenters. The highest BCUT2D eigenvalue weighted by Gasteiger charge is 2.12. The van der Waals surface area contributed by atoms with Gasteiger partial charge in [-0.25, -0.2) is 0 Å². The van der Waals surface area contributed by atoms with Crippen LogP contribution in [0, 0.1) is 30.9 Å². The molecule has 0 bridgehead atoms. The second-order valence-electron chi connectivity index (χ2n) is 6.48. The van der Waals surface area contributed by atoms with E-state index >= 15 is 0 Å². The minimum absolute atomic E-state index is 0.0209. The van der Waals surface area contributed by atoms with E-state index in [1.807, 2.05) is 31.4 Å². The smallest absolute Gasteiger partial charge is 0.269 e. The fourth-order valence-electron chi connectivity index (χ4n) is 3.13. The molecule has 0 N–H and O–H groups in total. The van der Waals surface area contributed by atoms with Crippen molar-refractivity contribution >= 4 is 23.6 Å². The van der Waals surface area contributed by atoms with Crippen LogP contribution in [-0.2, 0) is 0 Å². The van der Waals surface area contributed by atoms with Gasteiger partial charge in [-0.1, -0.05) is 6.07 Å². The molecule has 3 rings (SSSR count). The largest absolute Gasteiger partial charge is 0.545 e. The summed E-state index contributed by atoms with van der Waals surface area (Å²) in [5.74, 6) is -1.20. The highest BCUT2D eigenvalue weighted by Crippen LogP contribution is 2.24. The van der Waals surface area contributed by atoms with Crippen LogP contribution in [0.5, 0.6) is 0 Å². The average Bonchev–Trinajstić information content (AvgIpc) is 2.94. The van der Waals surface area contributed by atoms with Crippen molar-refractivity contribution in [1.29, 1.82) is 0 Å². The number of carboxylic acid groups (broad SMARTS) is 1. The summed E-state index contributed by atoms with van der Waals surface area (Å²) in [6.45, 7) is 5.77. The third-order valence-corrected chi connectivity index (χ3v) is 4.56. The van der Waals surface area contributed by atoms with E-state index in [9.17, 15) is 20.0 Å². The van der Waals surface area contributed by atoms with Gasteiger partial charge in [0.1, 0.15) is 0 Å². The number of carbonyl (C=O) groups is 1. The van der Waals surface area contributed by atoms with Crippen LogP contribution in [0.15, 0.2) is 53.5 Å². The van der Waals surface area contributed by atoms with Gasteiger partial charge in [-0.3, -0.25) is 15.1 Å². The second-order valence-corrected chi connectivity index (χ2v) is 6.48. The molecule has 0 spiro atoms. The van der Waals surface area contributed by atoms with Gasteiger partial charge in [-0.2, -0.15) is 0 Å². The Morgan fingerprint density at radius 1 is 1.07 bits per heavy atom. The molecule has 0 saturated heterocycles. The van der Waals surface area contributed by atoms with Gasteiger partial charge in [-0.15, -0.1) is 0 Å². The molecular formula is C21H18N3O4-. The Labute approximate surface area is 161 Å². The first kappa shape index (κ1) is 19.0. The van der Waals surface area contributed by atoms with Gasteiger partial charge in [0.05, 0.1) is 16.6 Å². The van der Waals surface area contributed by atoms with Crippen molar-refractivity contribution in [2.45, 2.75) is 20.8 Å². The number of carbonyl (C=O) groups excluding carboxylic acids is 1. The number of benzene rings is 2. The molecule has 1 aromatic heterocycles. The van der Waals surface area contributed by atoms with Crippen LogP contribution in [0.3, 0.4) is 0 Å². The quantitative estimate of drug-likeness (QED) is 0.387. The molecule has 3 aromatic rings. The Hall–Kier alpha value is -3.74. The standard InChI is InChI=1S/C21H19N3O4/c1-13-10-16(21(25)26)4-9-20(13)23-14(2)11-17(15(23)3)12-22-18-5-7-19(8-6-18)24(27)28/h4-12H,1-3H3,(H,25,26)/p-1. The number of aromatic nitrogens is 1. The molecule has 0 radical (unpaired) electrons. The Balaban J connectivity index is 1.94. The predicted octanol–water partition coefficient (Wildman–Crippen LogP) is 3.42. The Kier molecular flexibility index (Phi) is 5.08. The molecule has 0 aliphatic heterocycles. The molecule has 0 aliphatic rings. The van der Waals surface area contributed by atoms with Gasteiger partial charge < -0.3 is 14.5 Å². The summed E-state index contributed by atoms with van der Waals surface area (Å²) in [4.78, 5) is 25.7. The molecular weight excluding hydrogens is 358 g/mol. The summed E-state index contributed by atoms with van der Waals surface area (Å²) >= 11 is 0. The minimum Gasteiger partial charge on any atom is -0.545 e. The Morgan fingerprint density at radius 3 is 2.32 bits per heavy atom. The lowest BCUT2D eigenvalue weighted by atomic mass is 10.1. The third-order valence-electron chi connectivity index (χ3n) is 4.56. The van der Waals surface area contributed by atoms with Crippen molar-refractivity contribution in [1.82, 2.24) is 4.57 Å². The van der Waals surface area contributed by atoms with Crippen molar-refractivity contribution in [3.63, 3.8) is 0 Å². The predicted molar refractivity (Wildman–Crippen MR) is 105 cm³/mol. The normalized spacial score (nSPS) is 11.1. The first-order valence-corrected chi connectivity index (χ1v) is 8.58. The fraction of sp³-hybridized carbons (Fsp3) is 0.143. The highest BCUT2D eigenvalue weighted by molar-refractivity contribution is 5.87. The lowest BCUT2D eigenvalue weighted by Crippen LogP contribution is -2.22. The third kappa shape index (κ3) is 3.68. The Morgan fingerprint density at radius 2 is 1.75 bits per heavy atom. The number of hydrogen-bond donors (Lipinski definition) is 0. The first-order valence-electron chi connectivity index (χ1n) is 8.58. The number of hydrogen-bond acceptors (Lipinski definition) is 5.